The van der Waals surface area contributed by atoms with Crippen LogP contribution in [0.25, 0.3) is 0 Å². The second-order valence-corrected chi connectivity index (χ2v) is 10.6. The van der Waals surface area contributed by atoms with E-state index in [4.69, 9.17) is 25.2 Å². The number of aromatic hydroxyl groups is 1. The van der Waals surface area contributed by atoms with Crippen molar-refractivity contribution in [3.05, 3.63) is 59.8 Å². The number of hydrogen-bond acceptors (Lipinski definition) is 10. The van der Waals surface area contributed by atoms with Gasteiger partial charge >= 0.3 is 0 Å². The molecule has 1 aromatic heterocycles. The molecule has 1 aromatic carbocycles. The average molecular weight is 533 g/mol. The number of nitrogens with two attached hydrogens (primary N) is 1. The standard InChI is InChI=1S/C29H40N8O2/c1-4-21(2)27-31-29(32-28(30)37(27)33-22(3)26-8-6-18-39-26)36-13-5-7-23(20-36)19-34-14-16-35(17-15-34)24-9-11-25(38)12-10-24/h6,8-12,18,23,38H,4-5,7,13-17,19-20H2,1-3H3,(H2,30,31,32)/b27-21-,33-22+. The van der Waals surface area contributed by atoms with Crippen molar-refractivity contribution in [1.82, 2.24) is 14.8 Å². The lowest BCUT2D eigenvalue weighted by molar-refractivity contribution is 0.166. The summed E-state index contributed by atoms with van der Waals surface area (Å²) in [5.74, 6) is 3.28. The molecule has 1 atom stereocenters. The molecule has 39 heavy (non-hydrogen) atoms. The summed E-state index contributed by atoms with van der Waals surface area (Å²) >= 11 is 0. The van der Waals surface area contributed by atoms with Crippen LogP contribution in [0.3, 0.4) is 0 Å². The molecule has 2 aromatic rings. The first kappa shape index (κ1) is 26.8. The number of guanidine groups is 2. The molecule has 3 aliphatic rings. The van der Waals surface area contributed by atoms with Gasteiger partial charge in [0.1, 0.15) is 17.2 Å². The molecule has 10 heteroatoms. The zero-order valence-corrected chi connectivity index (χ0v) is 23.3. The number of piperazine rings is 1. The summed E-state index contributed by atoms with van der Waals surface area (Å²) in [5, 5.41) is 15.9. The molecule has 3 aliphatic heterocycles. The molecule has 10 nitrogen and oxygen atoms in total. The number of anilines is 1. The van der Waals surface area contributed by atoms with E-state index in [1.165, 1.54) is 12.1 Å². The van der Waals surface area contributed by atoms with E-state index >= 15 is 0 Å². The second-order valence-electron chi connectivity index (χ2n) is 10.6. The molecule has 3 N–H and O–H groups in total. The first-order chi connectivity index (χ1) is 18.9. The summed E-state index contributed by atoms with van der Waals surface area (Å²) in [7, 11) is 0. The Morgan fingerprint density at radius 3 is 2.51 bits per heavy atom. The molecular formula is C29H40N8O2. The van der Waals surface area contributed by atoms with Gasteiger partial charge in [-0.3, -0.25) is 4.90 Å². The number of nitrogens with zero attached hydrogens (tertiary/aromatic N) is 7. The first-order valence-corrected chi connectivity index (χ1v) is 13.9. The summed E-state index contributed by atoms with van der Waals surface area (Å²) in [6.45, 7) is 13.0. The molecule has 208 valence electrons. The highest BCUT2D eigenvalue weighted by atomic mass is 16.3. The third kappa shape index (κ3) is 6.27. The van der Waals surface area contributed by atoms with Gasteiger partial charge in [0.2, 0.25) is 11.9 Å². The van der Waals surface area contributed by atoms with Crippen molar-refractivity contribution in [1.29, 1.82) is 0 Å². The van der Waals surface area contributed by atoms with Crippen molar-refractivity contribution in [2.24, 2.45) is 26.7 Å². The van der Waals surface area contributed by atoms with Crippen molar-refractivity contribution >= 4 is 23.3 Å². The number of allylic oxidation sites excluding steroid dienone is 1. The number of aliphatic imine (C=N–C) groups is 2. The van der Waals surface area contributed by atoms with Gasteiger partial charge in [-0.2, -0.15) is 20.1 Å². The lowest BCUT2D eigenvalue weighted by atomic mass is 9.97. The van der Waals surface area contributed by atoms with E-state index in [-0.39, 0.29) is 0 Å². The quantitative estimate of drug-likeness (QED) is 0.544. The van der Waals surface area contributed by atoms with Gasteiger partial charge in [-0.25, -0.2) is 0 Å². The van der Waals surface area contributed by atoms with Crippen molar-refractivity contribution in [3.8, 4) is 5.75 Å². The predicted octanol–water partition coefficient (Wildman–Crippen LogP) is 3.87. The van der Waals surface area contributed by atoms with Crippen LogP contribution in [-0.2, 0) is 0 Å². The molecule has 2 fully saturated rings. The molecule has 0 radical (unpaired) electrons. The number of likely N-dealkylation sites (tertiary alicyclic amines) is 1. The van der Waals surface area contributed by atoms with Crippen LogP contribution in [0.4, 0.5) is 5.69 Å². The Morgan fingerprint density at radius 1 is 1.05 bits per heavy atom. The van der Waals surface area contributed by atoms with Gasteiger partial charge in [0.25, 0.3) is 0 Å². The Morgan fingerprint density at radius 2 is 1.82 bits per heavy atom. The molecule has 0 bridgehead atoms. The number of hydrazone groups is 1. The van der Waals surface area contributed by atoms with Gasteiger partial charge in [0, 0.05) is 51.5 Å². The fourth-order valence-corrected chi connectivity index (χ4v) is 5.40. The Kier molecular flexibility index (Phi) is 8.21. The number of furan rings is 1. The summed E-state index contributed by atoms with van der Waals surface area (Å²) < 4.78 is 5.50. The van der Waals surface area contributed by atoms with Crippen LogP contribution in [0.1, 0.15) is 45.8 Å². The molecule has 0 saturated carbocycles. The minimum Gasteiger partial charge on any atom is -0.508 e. The van der Waals surface area contributed by atoms with E-state index in [1.807, 2.05) is 31.2 Å². The molecule has 0 amide bonds. The highest BCUT2D eigenvalue weighted by Gasteiger charge is 2.30. The van der Waals surface area contributed by atoms with Crippen LogP contribution in [0.5, 0.6) is 5.75 Å². The first-order valence-electron chi connectivity index (χ1n) is 13.9. The lowest BCUT2D eigenvalue weighted by Gasteiger charge is -2.40. The summed E-state index contributed by atoms with van der Waals surface area (Å²) in [5.41, 5.74) is 9.46. The monoisotopic (exact) mass is 532 g/mol. The minimum absolute atomic E-state index is 0.310. The Labute approximate surface area is 230 Å². The van der Waals surface area contributed by atoms with E-state index in [0.717, 1.165) is 70.0 Å². The van der Waals surface area contributed by atoms with Gasteiger partial charge < -0.3 is 25.1 Å². The molecule has 0 aliphatic carbocycles. The molecule has 5 rings (SSSR count). The van der Waals surface area contributed by atoms with Gasteiger partial charge in [0.15, 0.2) is 5.82 Å². The minimum atomic E-state index is 0.310. The smallest absolute Gasteiger partial charge is 0.230 e. The second kappa shape index (κ2) is 11.9. The largest absolute Gasteiger partial charge is 0.508 e. The molecule has 1 unspecified atom stereocenters. The SMILES string of the molecule is CC/C(C)=C1/N=C(N2CCCC(CN3CCN(c4ccc(O)cc4)CC3)C2)N=C(N)N1/N=C(\C)c1ccco1. The maximum Gasteiger partial charge on any atom is 0.230 e. The summed E-state index contributed by atoms with van der Waals surface area (Å²) in [6.07, 6.45) is 4.78. The van der Waals surface area contributed by atoms with Crippen LogP contribution in [-0.4, -0.2) is 83.4 Å². The summed E-state index contributed by atoms with van der Waals surface area (Å²) in [4.78, 5) is 16.9. The molecule has 4 heterocycles. The average Bonchev–Trinajstić information content (AvgIpc) is 3.50. The van der Waals surface area contributed by atoms with Crippen molar-refractivity contribution in [3.63, 3.8) is 0 Å². The van der Waals surface area contributed by atoms with Gasteiger partial charge in [-0.15, -0.1) is 0 Å². The fraction of sp³-hybridized carbons (Fsp3) is 0.483. The Balaban J connectivity index is 1.23. The Bertz CT molecular complexity index is 1240. The van der Waals surface area contributed by atoms with Crippen LogP contribution >= 0.6 is 0 Å². The van der Waals surface area contributed by atoms with E-state index in [2.05, 4.69) is 28.5 Å². The number of hydrogen-bond donors (Lipinski definition) is 2. The van der Waals surface area contributed by atoms with E-state index < -0.39 is 0 Å². The van der Waals surface area contributed by atoms with Gasteiger partial charge in [-0.05, 0) is 81.0 Å². The van der Waals surface area contributed by atoms with Gasteiger partial charge in [-0.1, -0.05) is 6.92 Å². The number of phenolic OH excluding ortho intramolecular Hbond substituents is 1. The molecule has 0 spiro atoms. The normalized spacial score (nSPS) is 22.6. The van der Waals surface area contributed by atoms with Crippen molar-refractivity contribution in [2.75, 3.05) is 50.7 Å². The van der Waals surface area contributed by atoms with Crippen molar-refractivity contribution < 1.29 is 9.52 Å². The number of rotatable bonds is 6. The maximum absolute atomic E-state index is 9.58. The van der Waals surface area contributed by atoms with Crippen molar-refractivity contribution in [2.45, 2.75) is 40.0 Å². The number of piperidine rings is 1. The summed E-state index contributed by atoms with van der Waals surface area (Å²) in [6, 6.07) is 11.2. The lowest BCUT2D eigenvalue weighted by Crippen LogP contribution is -2.50. The third-order valence-corrected chi connectivity index (χ3v) is 7.78. The van der Waals surface area contributed by atoms with E-state index in [0.29, 0.717) is 35.1 Å². The zero-order chi connectivity index (χ0) is 27.4. The van der Waals surface area contributed by atoms with Crippen LogP contribution < -0.4 is 10.6 Å². The van der Waals surface area contributed by atoms with Crippen LogP contribution in [0, 0.1) is 5.92 Å². The number of phenols is 1. The molecule has 2 saturated heterocycles. The zero-order valence-electron chi connectivity index (χ0n) is 23.3. The van der Waals surface area contributed by atoms with Crippen LogP contribution in [0.15, 0.2) is 73.6 Å². The van der Waals surface area contributed by atoms with Gasteiger partial charge in [0.05, 0.1) is 6.26 Å². The molecular weight excluding hydrogens is 492 g/mol. The van der Waals surface area contributed by atoms with Crippen LogP contribution in [0.2, 0.25) is 0 Å². The predicted molar refractivity (Wildman–Crippen MR) is 156 cm³/mol. The maximum atomic E-state index is 9.58. The van der Waals surface area contributed by atoms with E-state index in [1.54, 1.807) is 23.4 Å². The van der Waals surface area contributed by atoms with E-state index in [9.17, 15) is 5.11 Å². The fourth-order valence-electron chi connectivity index (χ4n) is 5.40. The Hall–Kier alpha value is -3.79. The highest BCUT2D eigenvalue weighted by molar-refractivity contribution is 6.00. The highest BCUT2D eigenvalue weighted by Crippen LogP contribution is 2.25. The topological polar surface area (TPSA) is 109 Å². The number of benzene rings is 1. The third-order valence-electron chi connectivity index (χ3n) is 7.78.